The van der Waals surface area contributed by atoms with Crippen LogP contribution >= 0.6 is 0 Å². The van der Waals surface area contributed by atoms with Crippen molar-refractivity contribution in [1.82, 2.24) is 9.80 Å². The van der Waals surface area contributed by atoms with Gasteiger partial charge in [0.05, 0.1) is 5.60 Å². The number of likely N-dealkylation sites (tertiary alicyclic amines) is 2. The molecule has 2 heterocycles. The Balaban J connectivity index is 1.22. The van der Waals surface area contributed by atoms with Gasteiger partial charge in [0.15, 0.2) is 0 Å². The molecule has 1 aromatic carbocycles. The van der Waals surface area contributed by atoms with E-state index in [1.165, 1.54) is 38.0 Å². The Morgan fingerprint density at radius 2 is 1.90 bits per heavy atom. The van der Waals surface area contributed by atoms with Crippen LogP contribution in [0, 0.1) is 11.3 Å². The zero-order valence-corrected chi connectivity index (χ0v) is 18.1. The first kappa shape index (κ1) is 19.5. The minimum Gasteiger partial charge on any atom is -0.370 e. The molecule has 0 radical (unpaired) electrons. The van der Waals surface area contributed by atoms with Crippen molar-refractivity contribution < 1.29 is 4.74 Å². The smallest absolute Gasteiger partial charge is 0.0955 e. The van der Waals surface area contributed by atoms with Crippen LogP contribution in [-0.2, 0) is 10.3 Å². The quantitative estimate of drug-likeness (QED) is 0.703. The van der Waals surface area contributed by atoms with Gasteiger partial charge in [0.1, 0.15) is 0 Å². The zero-order valence-electron chi connectivity index (χ0n) is 18.1. The van der Waals surface area contributed by atoms with Crippen LogP contribution in [0.5, 0.6) is 0 Å². The van der Waals surface area contributed by atoms with E-state index >= 15 is 0 Å². The largest absolute Gasteiger partial charge is 0.370 e. The molecule has 3 atom stereocenters. The molecule has 0 spiro atoms. The third kappa shape index (κ3) is 3.41. The first-order valence-corrected chi connectivity index (χ1v) is 11.7. The highest BCUT2D eigenvalue weighted by Crippen LogP contribution is 2.63. The van der Waals surface area contributed by atoms with Gasteiger partial charge in [-0.2, -0.15) is 0 Å². The van der Waals surface area contributed by atoms with Gasteiger partial charge in [0.2, 0.25) is 0 Å². The average Bonchev–Trinajstić information content (AvgIpc) is 3.36. The van der Waals surface area contributed by atoms with Gasteiger partial charge < -0.3 is 9.64 Å². The predicted octanol–water partition coefficient (Wildman–Crippen LogP) is 4.61. The highest BCUT2D eigenvalue weighted by Gasteiger charge is 2.60. The van der Waals surface area contributed by atoms with E-state index in [-0.39, 0.29) is 5.60 Å². The summed E-state index contributed by atoms with van der Waals surface area (Å²) in [6, 6.07) is 11.4. The maximum atomic E-state index is 6.35. The van der Waals surface area contributed by atoms with Gasteiger partial charge in [-0.15, -0.1) is 0 Å². The third-order valence-corrected chi connectivity index (χ3v) is 8.11. The van der Waals surface area contributed by atoms with Gasteiger partial charge in [0, 0.05) is 44.2 Å². The first-order chi connectivity index (χ1) is 14.2. The molecular weight excluding hydrogens is 356 g/mol. The van der Waals surface area contributed by atoms with Crippen molar-refractivity contribution in [3.63, 3.8) is 0 Å². The summed E-state index contributed by atoms with van der Waals surface area (Å²) in [6.07, 6.45) is 12.3. The molecule has 29 heavy (non-hydrogen) atoms. The van der Waals surface area contributed by atoms with Gasteiger partial charge in [-0.1, -0.05) is 55.5 Å². The molecule has 156 valence electrons. The second-order valence-corrected chi connectivity index (χ2v) is 9.54. The predicted molar refractivity (Wildman–Crippen MR) is 119 cm³/mol. The minimum absolute atomic E-state index is 0.0977. The molecule has 3 nitrogen and oxygen atoms in total. The Labute approximate surface area is 176 Å². The second-order valence-electron chi connectivity index (χ2n) is 9.54. The van der Waals surface area contributed by atoms with Crippen LogP contribution in [0.4, 0.5) is 0 Å². The Morgan fingerprint density at radius 1 is 1.10 bits per heavy atom. The topological polar surface area (TPSA) is 15.7 Å². The van der Waals surface area contributed by atoms with Crippen LogP contribution in [0.1, 0.15) is 45.1 Å². The summed E-state index contributed by atoms with van der Waals surface area (Å²) in [5, 5.41) is 0. The van der Waals surface area contributed by atoms with Crippen molar-refractivity contribution in [2.24, 2.45) is 11.3 Å². The fourth-order valence-corrected chi connectivity index (χ4v) is 6.28. The summed E-state index contributed by atoms with van der Waals surface area (Å²) in [6.45, 7) is 11.2. The lowest BCUT2D eigenvalue weighted by Gasteiger charge is -2.44. The molecule has 2 aliphatic heterocycles. The molecule has 0 N–H and O–H groups in total. The molecule has 5 rings (SSSR count). The highest BCUT2D eigenvalue weighted by molar-refractivity contribution is 5.40. The summed E-state index contributed by atoms with van der Waals surface area (Å²) in [4.78, 5) is 5.31. The van der Waals surface area contributed by atoms with Crippen molar-refractivity contribution in [2.45, 2.75) is 51.2 Å². The number of piperidine rings is 2. The summed E-state index contributed by atoms with van der Waals surface area (Å²) in [5.41, 5.74) is 3.40. The molecule has 3 heteroatoms. The molecule has 0 amide bonds. The number of fused-ring (bicyclic) bond motifs is 1. The maximum absolute atomic E-state index is 6.35. The van der Waals surface area contributed by atoms with E-state index < -0.39 is 0 Å². The Morgan fingerprint density at radius 3 is 2.52 bits per heavy atom. The van der Waals surface area contributed by atoms with Crippen LogP contribution < -0.4 is 0 Å². The van der Waals surface area contributed by atoms with Crippen LogP contribution in [0.15, 0.2) is 54.1 Å². The fourth-order valence-electron chi connectivity index (χ4n) is 6.28. The molecule has 3 fully saturated rings. The lowest BCUT2D eigenvalue weighted by Crippen LogP contribution is -2.47. The highest BCUT2D eigenvalue weighted by atomic mass is 16.5. The molecule has 2 aliphatic carbocycles. The van der Waals surface area contributed by atoms with Crippen molar-refractivity contribution >= 4 is 0 Å². The standard InChI is InChI=1S/C26H36N2O/c1-3-27-19-23-18-25(23,20-27)21-10-12-24(13-11-21)28-16-14-26(15-17-28,29-4-2)22-8-6-5-7-9-22/h5-12,23-24H,3-4,13-20H2,1-2H3. The average molecular weight is 393 g/mol. The van der Waals surface area contributed by atoms with Gasteiger partial charge >= 0.3 is 0 Å². The molecule has 3 unspecified atom stereocenters. The summed E-state index contributed by atoms with van der Waals surface area (Å²) >= 11 is 0. The normalized spacial score (nSPS) is 34.1. The van der Waals surface area contributed by atoms with E-state index in [2.05, 4.69) is 72.2 Å². The monoisotopic (exact) mass is 392 g/mol. The van der Waals surface area contributed by atoms with Crippen molar-refractivity contribution in [3.05, 3.63) is 59.7 Å². The second kappa shape index (κ2) is 7.68. The van der Waals surface area contributed by atoms with Gasteiger partial charge in [-0.05, 0) is 56.2 Å². The van der Waals surface area contributed by atoms with E-state index in [1.54, 1.807) is 5.57 Å². The molecule has 1 aromatic rings. The van der Waals surface area contributed by atoms with Gasteiger partial charge in [0.25, 0.3) is 0 Å². The van der Waals surface area contributed by atoms with E-state index in [1.807, 2.05) is 0 Å². The Hall–Kier alpha value is -1.42. The van der Waals surface area contributed by atoms with E-state index in [0.717, 1.165) is 38.5 Å². The number of allylic oxidation sites excluding steroid dienone is 1. The van der Waals surface area contributed by atoms with Crippen LogP contribution in [0.25, 0.3) is 0 Å². The number of nitrogens with zero attached hydrogens (tertiary/aromatic N) is 2. The van der Waals surface area contributed by atoms with Gasteiger partial charge in [-0.3, -0.25) is 4.90 Å². The van der Waals surface area contributed by atoms with Crippen LogP contribution in [0.2, 0.25) is 0 Å². The Bertz CT molecular complexity index is 777. The number of hydrogen-bond donors (Lipinski definition) is 0. The molecule has 0 aromatic heterocycles. The lowest BCUT2D eigenvalue weighted by atomic mass is 9.82. The summed E-state index contributed by atoms with van der Waals surface area (Å²) in [7, 11) is 0. The van der Waals surface area contributed by atoms with Crippen molar-refractivity contribution in [1.29, 1.82) is 0 Å². The SMILES string of the molecule is CCOC1(c2ccccc2)CCN(C2C=CC(C34CC3CN(CC)C4)=CC2)CC1. The molecule has 4 aliphatic rings. The third-order valence-electron chi connectivity index (χ3n) is 8.11. The zero-order chi connectivity index (χ0) is 19.9. The number of rotatable bonds is 6. The number of hydrogen-bond acceptors (Lipinski definition) is 3. The first-order valence-electron chi connectivity index (χ1n) is 11.7. The molecule has 1 saturated carbocycles. The number of benzene rings is 1. The fraction of sp³-hybridized carbons (Fsp3) is 0.615. The van der Waals surface area contributed by atoms with E-state index in [9.17, 15) is 0 Å². The van der Waals surface area contributed by atoms with Crippen molar-refractivity contribution in [3.8, 4) is 0 Å². The summed E-state index contributed by atoms with van der Waals surface area (Å²) < 4.78 is 6.35. The van der Waals surface area contributed by atoms with Crippen LogP contribution in [0.3, 0.4) is 0 Å². The van der Waals surface area contributed by atoms with E-state index in [0.29, 0.717) is 11.5 Å². The summed E-state index contributed by atoms with van der Waals surface area (Å²) in [5.74, 6) is 0.919. The lowest BCUT2D eigenvalue weighted by molar-refractivity contribution is -0.0880. The van der Waals surface area contributed by atoms with Gasteiger partial charge in [-0.25, -0.2) is 0 Å². The number of ether oxygens (including phenoxy) is 1. The van der Waals surface area contributed by atoms with Crippen LogP contribution in [-0.4, -0.2) is 55.2 Å². The van der Waals surface area contributed by atoms with E-state index in [4.69, 9.17) is 4.74 Å². The van der Waals surface area contributed by atoms with Crippen molar-refractivity contribution in [2.75, 3.05) is 39.3 Å². The minimum atomic E-state index is -0.0977. The maximum Gasteiger partial charge on any atom is 0.0955 e. The molecular formula is C26H36N2O. The Kier molecular flexibility index (Phi) is 5.18. The molecule has 0 bridgehead atoms. The molecule has 2 saturated heterocycles.